The second kappa shape index (κ2) is 5.19. The monoisotopic (exact) mass is 233 g/mol. The normalized spacial score (nSPS) is 19.0. The van der Waals surface area contributed by atoms with Gasteiger partial charge in [-0.15, -0.1) is 0 Å². The van der Waals surface area contributed by atoms with Gasteiger partial charge in [0.2, 0.25) is 0 Å². The molecule has 1 fully saturated rings. The van der Waals surface area contributed by atoms with E-state index in [2.05, 4.69) is 31.2 Å². The van der Waals surface area contributed by atoms with Crippen molar-refractivity contribution < 1.29 is 5.11 Å². The minimum atomic E-state index is -0.788. The highest BCUT2D eigenvalue weighted by molar-refractivity contribution is 5.29. The van der Waals surface area contributed by atoms with Crippen molar-refractivity contribution in [3.63, 3.8) is 0 Å². The van der Waals surface area contributed by atoms with E-state index in [1.165, 1.54) is 18.4 Å². The van der Waals surface area contributed by atoms with Gasteiger partial charge in [0.15, 0.2) is 0 Å². The fraction of sp³-hybridized carbons (Fsp3) is 0.600. The first-order chi connectivity index (χ1) is 8.20. The average molecular weight is 233 g/mol. The van der Waals surface area contributed by atoms with E-state index in [1.54, 1.807) is 0 Å². The Morgan fingerprint density at radius 1 is 1.29 bits per heavy atom. The van der Waals surface area contributed by atoms with Gasteiger partial charge in [0.05, 0.1) is 0 Å². The Labute approximate surface area is 104 Å². The first kappa shape index (κ1) is 12.6. The number of aliphatic hydroxyl groups is 1. The van der Waals surface area contributed by atoms with Gasteiger partial charge in [-0.05, 0) is 42.7 Å². The molecule has 1 aromatic rings. The Hall–Kier alpha value is -0.860. The quantitative estimate of drug-likeness (QED) is 0.793. The molecule has 17 heavy (non-hydrogen) atoms. The number of hydrogen-bond acceptors (Lipinski definition) is 2. The highest BCUT2D eigenvalue weighted by Gasteiger charge is 2.43. The third-order valence-corrected chi connectivity index (χ3v) is 3.84. The molecule has 0 amide bonds. The summed E-state index contributed by atoms with van der Waals surface area (Å²) in [6, 6.07) is 8.37. The molecular weight excluding hydrogens is 210 g/mol. The second-order valence-corrected chi connectivity index (χ2v) is 5.20. The molecule has 2 heteroatoms. The third kappa shape index (κ3) is 2.70. The van der Waals surface area contributed by atoms with Crippen LogP contribution in [0.5, 0.6) is 0 Å². The summed E-state index contributed by atoms with van der Waals surface area (Å²) in [5.41, 5.74) is 7.30. The Kier molecular flexibility index (Phi) is 3.85. The largest absolute Gasteiger partial charge is 0.384 e. The van der Waals surface area contributed by atoms with Crippen LogP contribution < -0.4 is 5.73 Å². The number of unbranched alkanes of at least 4 members (excludes halogenated alkanes) is 1. The van der Waals surface area contributed by atoms with Gasteiger partial charge in [-0.1, -0.05) is 37.6 Å². The van der Waals surface area contributed by atoms with E-state index >= 15 is 0 Å². The number of nitrogens with two attached hydrogens (primary N) is 1. The molecule has 0 heterocycles. The number of aryl methyl sites for hydroxylation is 1. The van der Waals surface area contributed by atoms with Crippen molar-refractivity contribution in [2.24, 2.45) is 11.7 Å². The van der Waals surface area contributed by atoms with Crippen LogP contribution in [0, 0.1) is 5.92 Å². The standard InChI is InChI=1S/C15H23NO/c1-2-3-4-12-5-7-13(8-6-12)15(17,11-16)14-9-10-14/h5-8,14,17H,2-4,9-11,16H2,1H3. The molecular formula is C15H23NO. The SMILES string of the molecule is CCCCc1ccc(C(O)(CN)C2CC2)cc1. The lowest BCUT2D eigenvalue weighted by atomic mass is 9.88. The molecule has 0 saturated heterocycles. The van der Waals surface area contributed by atoms with Crippen molar-refractivity contribution in [1.29, 1.82) is 0 Å². The van der Waals surface area contributed by atoms with Crippen LogP contribution in [-0.2, 0) is 12.0 Å². The maximum absolute atomic E-state index is 10.6. The average Bonchev–Trinajstić information content (AvgIpc) is 3.20. The van der Waals surface area contributed by atoms with Crippen molar-refractivity contribution in [3.05, 3.63) is 35.4 Å². The minimum Gasteiger partial charge on any atom is -0.384 e. The van der Waals surface area contributed by atoms with Gasteiger partial charge >= 0.3 is 0 Å². The van der Waals surface area contributed by atoms with Crippen molar-refractivity contribution in [2.45, 2.75) is 44.6 Å². The summed E-state index contributed by atoms with van der Waals surface area (Å²) in [7, 11) is 0. The number of benzene rings is 1. The summed E-state index contributed by atoms with van der Waals surface area (Å²) in [5.74, 6) is 0.369. The molecule has 0 aliphatic heterocycles. The van der Waals surface area contributed by atoms with Crippen LogP contribution in [0.1, 0.15) is 43.7 Å². The third-order valence-electron chi connectivity index (χ3n) is 3.84. The van der Waals surface area contributed by atoms with Crippen molar-refractivity contribution in [3.8, 4) is 0 Å². The van der Waals surface area contributed by atoms with E-state index in [0.29, 0.717) is 12.5 Å². The first-order valence-corrected chi connectivity index (χ1v) is 6.72. The van der Waals surface area contributed by atoms with Gasteiger partial charge in [0, 0.05) is 6.54 Å². The molecule has 0 aromatic heterocycles. The van der Waals surface area contributed by atoms with Crippen molar-refractivity contribution in [1.82, 2.24) is 0 Å². The molecule has 3 N–H and O–H groups in total. The Morgan fingerprint density at radius 2 is 1.94 bits per heavy atom. The van der Waals surface area contributed by atoms with E-state index < -0.39 is 5.60 Å². The van der Waals surface area contributed by atoms with E-state index in [1.807, 2.05) is 0 Å². The lowest BCUT2D eigenvalue weighted by Gasteiger charge is -2.27. The second-order valence-electron chi connectivity index (χ2n) is 5.20. The summed E-state index contributed by atoms with van der Waals surface area (Å²) in [6.07, 6.45) is 5.78. The van der Waals surface area contributed by atoms with E-state index in [0.717, 1.165) is 24.8 Å². The predicted molar refractivity (Wildman–Crippen MR) is 70.7 cm³/mol. The maximum atomic E-state index is 10.6. The highest BCUT2D eigenvalue weighted by Crippen LogP contribution is 2.45. The molecule has 1 aliphatic carbocycles. The fourth-order valence-electron chi connectivity index (χ4n) is 2.42. The van der Waals surface area contributed by atoms with Gasteiger partial charge in [-0.3, -0.25) is 0 Å². The van der Waals surface area contributed by atoms with Gasteiger partial charge < -0.3 is 10.8 Å². The molecule has 0 radical (unpaired) electrons. The maximum Gasteiger partial charge on any atom is 0.105 e. The summed E-state index contributed by atoms with van der Waals surface area (Å²) in [6.45, 7) is 2.53. The molecule has 1 atom stereocenters. The van der Waals surface area contributed by atoms with Gasteiger partial charge in [-0.2, -0.15) is 0 Å². The minimum absolute atomic E-state index is 0.325. The lowest BCUT2D eigenvalue weighted by Crippen LogP contribution is -2.37. The summed E-state index contributed by atoms with van der Waals surface area (Å²) < 4.78 is 0. The van der Waals surface area contributed by atoms with Crippen LogP contribution in [0.25, 0.3) is 0 Å². The van der Waals surface area contributed by atoms with E-state index in [9.17, 15) is 5.11 Å². The number of hydrogen-bond donors (Lipinski definition) is 2. The van der Waals surface area contributed by atoms with Gasteiger partial charge in [-0.25, -0.2) is 0 Å². The predicted octanol–water partition coefficient (Wildman–Crippen LogP) is 2.59. The van der Waals surface area contributed by atoms with Crippen LogP contribution in [0.15, 0.2) is 24.3 Å². The first-order valence-electron chi connectivity index (χ1n) is 6.72. The molecule has 1 saturated carbocycles. The van der Waals surface area contributed by atoms with Crippen LogP contribution in [0.4, 0.5) is 0 Å². The zero-order valence-corrected chi connectivity index (χ0v) is 10.7. The zero-order valence-electron chi connectivity index (χ0n) is 10.7. The Morgan fingerprint density at radius 3 is 2.41 bits per heavy atom. The van der Waals surface area contributed by atoms with Crippen molar-refractivity contribution >= 4 is 0 Å². The lowest BCUT2D eigenvalue weighted by molar-refractivity contribution is 0.0222. The number of rotatable bonds is 6. The van der Waals surface area contributed by atoms with Crippen LogP contribution >= 0.6 is 0 Å². The molecule has 0 bridgehead atoms. The molecule has 2 rings (SSSR count). The molecule has 94 valence electrons. The van der Waals surface area contributed by atoms with E-state index in [-0.39, 0.29) is 0 Å². The summed E-state index contributed by atoms with van der Waals surface area (Å²) >= 11 is 0. The Bertz CT molecular complexity index is 356. The Balaban J connectivity index is 2.10. The molecule has 0 spiro atoms. The van der Waals surface area contributed by atoms with E-state index in [4.69, 9.17) is 5.73 Å². The zero-order chi connectivity index (χ0) is 12.3. The van der Waals surface area contributed by atoms with Crippen molar-refractivity contribution in [2.75, 3.05) is 6.54 Å². The molecule has 1 unspecified atom stereocenters. The highest BCUT2D eigenvalue weighted by atomic mass is 16.3. The fourth-order valence-corrected chi connectivity index (χ4v) is 2.42. The van der Waals surface area contributed by atoms with Gasteiger partial charge in [0.1, 0.15) is 5.60 Å². The topological polar surface area (TPSA) is 46.2 Å². The van der Waals surface area contributed by atoms with Crippen LogP contribution in [-0.4, -0.2) is 11.7 Å². The van der Waals surface area contributed by atoms with Crippen LogP contribution in [0.2, 0.25) is 0 Å². The molecule has 1 aromatic carbocycles. The molecule has 2 nitrogen and oxygen atoms in total. The smallest absolute Gasteiger partial charge is 0.105 e. The summed E-state index contributed by atoms with van der Waals surface area (Å²) in [4.78, 5) is 0. The van der Waals surface area contributed by atoms with Gasteiger partial charge in [0.25, 0.3) is 0 Å². The van der Waals surface area contributed by atoms with Crippen LogP contribution in [0.3, 0.4) is 0 Å². The summed E-state index contributed by atoms with van der Waals surface area (Å²) in [5, 5.41) is 10.6. The molecule has 1 aliphatic rings.